The number of carbonyl (C=O) groups is 3. The van der Waals surface area contributed by atoms with Gasteiger partial charge >= 0.3 is 5.97 Å². The van der Waals surface area contributed by atoms with Crippen LogP contribution < -0.4 is 5.32 Å². The van der Waals surface area contributed by atoms with E-state index in [-0.39, 0.29) is 18.2 Å². The zero-order chi connectivity index (χ0) is 22.9. The summed E-state index contributed by atoms with van der Waals surface area (Å²) < 4.78 is 5.01. The molecule has 168 valence electrons. The van der Waals surface area contributed by atoms with Crippen molar-refractivity contribution in [1.82, 2.24) is 10.2 Å². The minimum Gasteiger partial charge on any atom is -0.462 e. The second-order valence-corrected chi connectivity index (χ2v) is 8.39. The lowest BCUT2D eigenvalue weighted by molar-refractivity contribution is -0.130. The van der Waals surface area contributed by atoms with Gasteiger partial charge in [0.25, 0.3) is 0 Å². The third-order valence-electron chi connectivity index (χ3n) is 4.97. The molecule has 1 fully saturated rings. The number of thioether (sulfide) groups is 1. The second-order valence-electron chi connectivity index (χ2n) is 7.22. The Bertz CT molecular complexity index is 976. The van der Waals surface area contributed by atoms with E-state index in [1.54, 1.807) is 43.1 Å². The fourth-order valence-corrected chi connectivity index (χ4v) is 4.49. The van der Waals surface area contributed by atoms with Crippen molar-refractivity contribution in [2.24, 2.45) is 4.99 Å². The smallest absolute Gasteiger partial charge is 0.338 e. The number of rotatable bonds is 8. The number of nitrogens with one attached hydrogen (secondary N) is 1. The Kier molecular flexibility index (Phi) is 8.44. The molecule has 7 nitrogen and oxygen atoms in total. The van der Waals surface area contributed by atoms with E-state index in [1.807, 2.05) is 18.2 Å². The molecule has 1 aliphatic rings. The van der Waals surface area contributed by atoms with E-state index in [4.69, 9.17) is 4.74 Å². The number of aryl methyl sites for hydroxylation is 1. The summed E-state index contributed by atoms with van der Waals surface area (Å²) in [6, 6.07) is 16.8. The van der Waals surface area contributed by atoms with Crippen LogP contribution in [0.25, 0.3) is 0 Å². The van der Waals surface area contributed by atoms with Crippen LogP contribution in [0.1, 0.15) is 35.7 Å². The minimum absolute atomic E-state index is 0.118. The number of amides is 2. The van der Waals surface area contributed by atoms with E-state index in [0.717, 1.165) is 12.8 Å². The van der Waals surface area contributed by atoms with Gasteiger partial charge in [0.2, 0.25) is 11.8 Å². The van der Waals surface area contributed by atoms with Crippen LogP contribution in [-0.4, -0.2) is 53.3 Å². The van der Waals surface area contributed by atoms with Gasteiger partial charge in [0.1, 0.15) is 0 Å². The Morgan fingerprint density at radius 2 is 1.88 bits per heavy atom. The molecule has 32 heavy (non-hydrogen) atoms. The van der Waals surface area contributed by atoms with Gasteiger partial charge in [0.05, 0.1) is 23.1 Å². The normalized spacial score (nSPS) is 17.3. The first kappa shape index (κ1) is 23.5. The molecular weight excluding hydrogens is 426 g/mol. The molecule has 0 radical (unpaired) electrons. The fourth-order valence-electron chi connectivity index (χ4n) is 3.31. The van der Waals surface area contributed by atoms with Crippen LogP contribution in [0.4, 0.5) is 5.69 Å². The van der Waals surface area contributed by atoms with Crippen LogP contribution in [0.5, 0.6) is 0 Å². The number of benzene rings is 2. The number of carbonyl (C=O) groups excluding carboxylic acids is 3. The van der Waals surface area contributed by atoms with E-state index >= 15 is 0 Å². The van der Waals surface area contributed by atoms with Crippen LogP contribution in [0.15, 0.2) is 59.6 Å². The zero-order valence-corrected chi connectivity index (χ0v) is 19.1. The summed E-state index contributed by atoms with van der Waals surface area (Å²) in [5.41, 5.74) is 2.24. The van der Waals surface area contributed by atoms with Gasteiger partial charge in [-0.25, -0.2) is 9.79 Å². The molecule has 2 aromatic carbocycles. The minimum atomic E-state index is -0.518. The molecule has 0 spiro atoms. The van der Waals surface area contributed by atoms with E-state index in [0.29, 0.717) is 29.6 Å². The third-order valence-corrected chi connectivity index (χ3v) is 6.16. The van der Waals surface area contributed by atoms with Crippen molar-refractivity contribution in [3.05, 3.63) is 65.7 Å². The highest BCUT2D eigenvalue weighted by Crippen LogP contribution is 2.29. The highest BCUT2D eigenvalue weighted by molar-refractivity contribution is 8.15. The standard InChI is InChI=1S/C24H27N3O4S/c1-3-31-23(30)18-11-13-19(14-12-18)26-24-27(15-7-10-17-8-5-4-6-9-17)21(28)16-20(32-24)22(29)25-2/h4-6,8-9,11-14,20H,3,7,10,15-16H2,1-2H3,(H,25,29). The van der Waals surface area contributed by atoms with Gasteiger partial charge in [-0.3, -0.25) is 14.5 Å². The maximum atomic E-state index is 12.9. The van der Waals surface area contributed by atoms with Gasteiger partial charge in [-0.05, 0) is 49.6 Å². The molecule has 3 rings (SSSR count). The first-order valence-corrected chi connectivity index (χ1v) is 11.5. The molecule has 1 saturated heterocycles. The van der Waals surface area contributed by atoms with E-state index in [2.05, 4.69) is 22.4 Å². The van der Waals surface area contributed by atoms with Crippen molar-refractivity contribution in [2.75, 3.05) is 20.2 Å². The fraction of sp³-hybridized carbons (Fsp3) is 0.333. The summed E-state index contributed by atoms with van der Waals surface area (Å²) in [6.45, 7) is 2.58. The maximum Gasteiger partial charge on any atom is 0.338 e. The van der Waals surface area contributed by atoms with Crippen LogP contribution >= 0.6 is 11.8 Å². The van der Waals surface area contributed by atoms with Crippen LogP contribution in [0.3, 0.4) is 0 Å². The summed E-state index contributed by atoms with van der Waals surface area (Å²) >= 11 is 1.29. The molecule has 0 aliphatic carbocycles. The van der Waals surface area contributed by atoms with Crippen molar-refractivity contribution >= 4 is 40.4 Å². The predicted octanol–water partition coefficient (Wildman–Crippen LogP) is 3.56. The van der Waals surface area contributed by atoms with E-state index in [1.165, 1.54) is 17.3 Å². The lowest BCUT2D eigenvalue weighted by atomic mass is 10.1. The molecule has 1 unspecified atom stereocenters. The van der Waals surface area contributed by atoms with Crippen molar-refractivity contribution < 1.29 is 19.1 Å². The summed E-state index contributed by atoms with van der Waals surface area (Å²) in [5.74, 6) is -0.707. The van der Waals surface area contributed by atoms with Gasteiger partial charge in [0, 0.05) is 20.0 Å². The Balaban J connectivity index is 1.78. The van der Waals surface area contributed by atoms with Crippen molar-refractivity contribution in [2.45, 2.75) is 31.4 Å². The highest BCUT2D eigenvalue weighted by atomic mass is 32.2. The highest BCUT2D eigenvalue weighted by Gasteiger charge is 2.35. The quantitative estimate of drug-likeness (QED) is 0.618. The predicted molar refractivity (Wildman–Crippen MR) is 126 cm³/mol. The average molecular weight is 454 g/mol. The average Bonchev–Trinajstić information content (AvgIpc) is 2.81. The van der Waals surface area contributed by atoms with Crippen molar-refractivity contribution in [3.8, 4) is 0 Å². The number of esters is 1. The van der Waals surface area contributed by atoms with Crippen LogP contribution in [-0.2, 0) is 20.7 Å². The molecule has 1 atom stereocenters. The number of hydrogen-bond acceptors (Lipinski definition) is 6. The summed E-state index contributed by atoms with van der Waals surface area (Å²) in [6.07, 6.45) is 1.76. The third kappa shape index (κ3) is 6.20. The Labute approximate surface area is 192 Å². The lowest BCUT2D eigenvalue weighted by Gasteiger charge is -2.31. The molecule has 2 aromatic rings. The van der Waals surface area contributed by atoms with Gasteiger partial charge in [-0.1, -0.05) is 42.1 Å². The number of hydrogen-bond donors (Lipinski definition) is 1. The molecule has 1 heterocycles. The molecule has 8 heteroatoms. The van der Waals surface area contributed by atoms with Crippen molar-refractivity contribution in [3.63, 3.8) is 0 Å². The first-order valence-electron chi connectivity index (χ1n) is 10.6. The number of aliphatic imine (C=N–C) groups is 1. The van der Waals surface area contributed by atoms with E-state index < -0.39 is 11.2 Å². The monoisotopic (exact) mass is 453 g/mol. The number of ether oxygens (including phenoxy) is 1. The Morgan fingerprint density at radius 3 is 2.53 bits per heavy atom. The summed E-state index contributed by atoms with van der Waals surface area (Å²) in [5, 5.41) is 2.59. The van der Waals surface area contributed by atoms with E-state index in [9.17, 15) is 14.4 Å². The SMILES string of the molecule is CCOC(=O)c1ccc(N=C2SC(C(=O)NC)CC(=O)N2CCCc2ccccc2)cc1. The van der Waals surface area contributed by atoms with Gasteiger partial charge < -0.3 is 10.1 Å². The van der Waals surface area contributed by atoms with Gasteiger partial charge in [-0.2, -0.15) is 0 Å². The zero-order valence-electron chi connectivity index (χ0n) is 18.2. The van der Waals surface area contributed by atoms with Crippen LogP contribution in [0.2, 0.25) is 0 Å². The van der Waals surface area contributed by atoms with Gasteiger partial charge in [0.15, 0.2) is 5.17 Å². The molecule has 1 N–H and O–H groups in total. The van der Waals surface area contributed by atoms with Crippen molar-refractivity contribution in [1.29, 1.82) is 0 Å². The number of nitrogens with zero attached hydrogens (tertiary/aromatic N) is 2. The summed E-state index contributed by atoms with van der Waals surface area (Å²) in [4.78, 5) is 43.2. The molecule has 0 aromatic heterocycles. The van der Waals surface area contributed by atoms with Crippen LogP contribution in [0, 0.1) is 0 Å². The first-order chi connectivity index (χ1) is 15.5. The largest absolute Gasteiger partial charge is 0.462 e. The lowest BCUT2D eigenvalue weighted by Crippen LogP contribution is -2.46. The molecule has 0 saturated carbocycles. The molecule has 2 amide bonds. The topological polar surface area (TPSA) is 88.1 Å². The Hall–Kier alpha value is -3.13. The Morgan fingerprint density at radius 1 is 1.16 bits per heavy atom. The second kappa shape index (κ2) is 11.5. The van der Waals surface area contributed by atoms with Gasteiger partial charge in [-0.15, -0.1) is 0 Å². The molecule has 0 bridgehead atoms. The maximum absolute atomic E-state index is 12.9. The molecular formula is C24H27N3O4S. The molecule has 1 aliphatic heterocycles. The summed E-state index contributed by atoms with van der Waals surface area (Å²) in [7, 11) is 1.56. The number of amidine groups is 1.